The zero-order valence-corrected chi connectivity index (χ0v) is 18.1. The van der Waals surface area contributed by atoms with Gasteiger partial charge in [-0.25, -0.2) is 19.3 Å². The molecule has 5 rings (SSSR count). The minimum atomic E-state index is -0.407. The lowest BCUT2D eigenvalue weighted by Crippen LogP contribution is -2.15. The third-order valence-corrected chi connectivity index (χ3v) is 5.44. The second kappa shape index (κ2) is 8.60. The number of imidazole rings is 1. The predicted molar refractivity (Wildman–Crippen MR) is 127 cm³/mol. The Hall–Kier alpha value is -4.84. The van der Waals surface area contributed by atoms with Crippen LogP contribution in [0.25, 0.3) is 28.0 Å². The molecule has 0 amide bonds. The van der Waals surface area contributed by atoms with Gasteiger partial charge in [-0.3, -0.25) is 9.55 Å². The Bertz CT molecular complexity index is 1540. The van der Waals surface area contributed by atoms with Crippen LogP contribution in [0.1, 0.15) is 24.4 Å². The van der Waals surface area contributed by atoms with E-state index in [1.165, 1.54) is 18.5 Å². The van der Waals surface area contributed by atoms with Crippen LogP contribution in [0.15, 0.2) is 73.2 Å². The first-order chi connectivity index (χ1) is 16.5. The highest BCUT2D eigenvalue weighted by Gasteiger charge is 2.21. The van der Waals surface area contributed by atoms with Crippen molar-refractivity contribution in [2.45, 2.75) is 13.0 Å². The van der Waals surface area contributed by atoms with Crippen molar-refractivity contribution in [3.05, 3.63) is 90.4 Å². The summed E-state index contributed by atoms with van der Waals surface area (Å²) in [5, 5.41) is 12.7. The van der Waals surface area contributed by atoms with Gasteiger partial charge in [-0.2, -0.15) is 5.26 Å². The maximum Gasteiger partial charge on any atom is 0.150 e. The van der Waals surface area contributed by atoms with Gasteiger partial charge in [0.25, 0.3) is 0 Å². The molecule has 0 aliphatic heterocycles. The predicted octanol–water partition coefficient (Wildman–Crippen LogP) is 4.64. The highest BCUT2D eigenvalue weighted by molar-refractivity contribution is 5.79. The van der Waals surface area contributed by atoms with Gasteiger partial charge in [0.2, 0.25) is 0 Å². The lowest BCUT2D eigenvalue weighted by molar-refractivity contribution is 0.629. The largest absolute Gasteiger partial charge is 0.382 e. The van der Waals surface area contributed by atoms with E-state index in [1.54, 1.807) is 12.3 Å². The topological polar surface area (TPSA) is 118 Å². The molecular weight excluding hydrogens is 431 g/mol. The number of hydrogen-bond acceptors (Lipinski definition) is 7. The van der Waals surface area contributed by atoms with E-state index in [-0.39, 0.29) is 17.2 Å². The van der Waals surface area contributed by atoms with E-state index in [0.717, 1.165) is 16.9 Å². The van der Waals surface area contributed by atoms with E-state index in [4.69, 9.17) is 10.7 Å². The number of rotatable bonds is 5. The van der Waals surface area contributed by atoms with Crippen molar-refractivity contribution < 1.29 is 4.39 Å². The van der Waals surface area contributed by atoms with E-state index in [0.29, 0.717) is 22.7 Å². The van der Waals surface area contributed by atoms with Crippen molar-refractivity contribution in [3.8, 4) is 23.0 Å². The zero-order valence-electron chi connectivity index (χ0n) is 18.1. The van der Waals surface area contributed by atoms with Gasteiger partial charge in [0.15, 0.2) is 0 Å². The summed E-state index contributed by atoms with van der Waals surface area (Å²) in [5.41, 5.74) is 9.77. The molecule has 1 atom stereocenters. The Kier molecular flexibility index (Phi) is 5.32. The number of hydrogen-bond donors (Lipinski definition) is 2. The molecular formula is C25H19FN8. The molecule has 3 N–H and O–H groups in total. The number of nitrogens with one attached hydrogen (secondary N) is 1. The van der Waals surface area contributed by atoms with Gasteiger partial charge >= 0.3 is 0 Å². The van der Waals surface area contributed by atoms with E-state index in [2.05, 4.69) is 20.3 Å². The molecule has 0 saturated carbocycles. The number of nitrogen functional groups attached to an aromatic ring is 1. The van der Waals surface area contributed by atoms with Crippen LogP contribution in [0, 0.1) is 17.1 Å². The number of anilines is 2. The molecule has 0 bridgehead atoms. The van der Waals surface area contributed by atoms with Crippen LogP contribution in [0.3, 0.4) is 0 Å². The van der Waals surface area contributed by atoms with Crippen LogP contribution in [-0.2, 0) is 0 Å². The Balaban J connectivity index is 1.65. The molecule has 3 aromatic heterocycles. The molecule has 0 spiro atoms. The van der Waals surface area contributed by atoms with Crippen LogP contribution in [0.4, 0.5) is 16.0 Å². The standard InChI is InChI=1S/C25H19FN8/c1-15(32-24-19(13-27)23(28)30-14-31-24)25-33-21-9-8-17(26)12-22(21)34(25)18-6-4-5-16(11-18)20-7-2-3-10-29-20/h2-12,14-15H,1H3,(H3,28,30,31,32). The van der Waals surface area contributed by atoms with Crippen LogP contribution >= 0.6 is 0 Å². The lowest BCUT2D eigenvalue weighted by atomic mass is 10.1. The van der Waals surface area contributed by atoms with Crippen molar-refractivity contribution >= 4 is 22.7 Å². The van der Waals surface area contributed by atoms with Crippen LogP contribution in [0.5, 0.6) is 0 Å². The summed E-state index contributed by atoms with van der Waals surface area (Å²) >= 11 is 0. The minimum Gasteiger partial charge on any atom is -0.382 e. The number of fused-ring (bicyclic) bond motifs is 1. The third-order valence-electron chi connectivity index (χ3n) is 5.44. The summed E-state index contributed by atoms with van der Waals surface area (Å²) in [5.74, 6) is 0.636. The molecule has 0 aliphatic carbocycles. The van der Waals surface area contributed by atoms with E-state index >= 15 is 0 Å². The van der Waals surface area contributed by atoms with Crippen molar-refractivity contribution in [1.82, 2.24) is 24.5 Å². The van der Waals surface area contributed by atoms with Gasteiger partial charge in [0.05, 0.1) is 22.8 Å². The first-order valence-electron chi connectivity index (χ1n) is 10.5. The van der Waals surface area contributed by atoms with Gasteiger partial charge in [-0.15, -0.1) is 0 Å². The third kappa shape index (κ3) is 3.78. The number of benzene rings is 2. The maximum absolute atomic E-state index is 14.2. The van der Waals surface area contributed by atoms with Gasteiger partial charge in [-0.05, 0) is 43.3 Å². The summed E-state index contributed by atoms with van der Waals surface area (Å²) in [6, 6.07) is 19.6. The summed E-state index contributed by atoms with van der Waals surface area (Å²) in [4.78, 5) is 17.2. The molecule has 0 aliphatic rings. The first kappa shape index (κ1) is 21.0. The lowest BCUT2D eigenvalue weighted by Gasteiger charge is -2.18. The number of halogens is 1. The quantitative estimate of drug-likeness (QED) is 0.400. The highest BCUT2D eigenvalue weighted by atomic mass is 19.1. The fourth-order valence-corrected chi connectivity index (χ4v) is 3.86. The zero-order chi connectivity index (χ0) is 23.7. The summed E-state index contributed by atoms with van der Waals surface area (Å²) in [6.07, 6.45) is 3.03. The molecule has 0 radical (unpaired) electrons. The molecule has 0 fully saturated rings. The smallest absolute Gasteiger partial charge is 0.150 e. The molecule has 166 valence electrons. The van der Waals surface area contributed by atoms with Gasteiger partial charge in [-0.1, -0.05) is 18.2 Å². The molecule has 34 heavy (non-hydrogen) atoms. The van der Waals surface area contributed by atoms with Crippen molar-refractivity contribution in [1.29, 1.82) is 5.26 Å². The highest BCUT2D eigenvalue weighted by Crippen LogP contribution is 2.30. The monoisotopic (exact) mass is 450 g/mol. The second-order valence-electron chi connectivity index (χ2n) is 7.66. The molecule has 8 nitrogen and oxygen atoms in total. The number of nitrogens with two attached hydrogens (primary N) is 1. The Morgan fingerprint density at radius 1 is 1.06 bits per heavy atom. The molecule has 1 unspecified atom stereocenters. The van der Waals surface area contributed by atoms with Crippen molar-refractivity contribution in [3.63, 3.8) is 0 Å². The Morgan fingerprint density at radius 2 is 1.94 bits per heavy atom. The molecule has 2 aromatic carbocycles. The fraction of sp³-hybridized carbons (Fsp3) is 0.0800. The number of nitriles is 1. The van der Waals surface area contributed by atoms with Gasteiger partial charge in [0.1, 0.15) is 41.2 Å². The molecule has 3 heterocycles. The van der Waals surface area contributed by atoms with E-state index in [9.17, 15) is 9.65 Å². The summed E-state index contributed by atoms with van der Waals surface area (Å²) in [7, 11) is 0. The van der Waals surface area contributed by atoms with Gasteiger partial charge < -0.3 is 11.1 Å². The van der Waals surface area contributed by atoms with E-state index in [1.807, 2.05) is 60.0 Å². The molecule has 5 aromatic rings. The van der Waals surface area contributed by atoms with E-state index < -0.39 is 6.04 Å². The SMILES string of the molecule is CC(Nc1ncnc(N)c1C#N)c1nc2ccc(F)cc2n1-c1cccc(-c2ccccn2)c1. The second-order valence-corrected chi connectivity index (χ2v) is 7.66. The minimum absolute atomic E-state index is 0.0887. The summed E-state index contributed by atoms with van der Waals surface area (Å²) in [6.45, 7) is 1.89. The normalized spacial score (nSPS) is 11.8. The maximum atomic E-state index is 14.2. The van der Waals surface area contributed by atoms with Crippen LogP contribution < -0.4 is 11.1 Å². The fourth-order valence-electron chi connectivity index (χ4n) is 3.86. The Morgan fingerprint density at radius 3 is 2.74 bits per heavy atom. The average molecular weight is 450 g/mol. The van der Waals surface area contributed by atoms with Crippen molar-refractivity contribution in [2.75, 3.05) is 11.1 Å². The van der Waals surface area contributed by atoms with Gasteiger partial charge in [0, 0.05) is 23.5 Å². The number of nitrogens with zero attached hydrogens (tertiary/aromatic N) is 6. The molecule has 9 heteroatoms. The van der Waals surface area contributed by atoms with Crippen LogP contribution in [0.2, 0.25) is 0 Å². The number of aromatic nitrogens is 5. The average Bonchev–Trinajstić information content (AvgIpc) is 3.24. The van der Waals surface area contributed by atoms with Crippen molar-refractivity contribution in [2.24, 2.45) is 0 Å². The first-order valence-corrected chi connectivity index (χ1v) is 10.5. The number of pyridine rings is 1. The summed E-state index contributed by atoms with van der Waals surface area (Å²) < 4.78 is 16.1. The molecule has 0 saturated heterocycles. The van der Waals surface area contributed by atoms with Crippen LogP contribution in [-0.4, -0.2) is 24.5 Å². The Labute approximate surface area is 194 Å².